The van der Waals surface area contributed by atoms with E-state index in [9.17, 15) is 0 Å². The summed E-state index contributed by atoms with van der Waals surface area (Å²) in [6, 6.07) is 0. The molecule has 0 aliphatic rings. The van der Waals surface area contributed by atoms with Gasteiger partial charge in [-0.25, -0.2) is 0 Å². The highest BCUT2D eigenvalue weighted by Gasteiger charge is 2.23. The van der Waals surface area contributed by atoms with Crippen LogP contribution in [0.5, 0.6) is 0 Å². The number of unbranched alkanes of at least 4 members (excludes halogenated alkanes) is 47. The van der Waals surface area contributed by atoms with Crippen LogP contribution in [0.15, 0.2) is 0 Å². The molecular formula is C58H117. The van der Waals surface area contributed by atoms with Crippen molar-refractivity contribution in [3.63, 3.8) is 0 Å². The lowest BCUT2D eigenvalue weighted by atomic mass is 9.75. The molecule has 0 unspecified atom stereocenters. The molecule has 0 heterocycles. The van der Waals surface area contributed by atoms with Crippen LogP contribution in [0, 0.1) is 12.3 Å². The Bertz CT molecular complexity index is 662. The van der Waals surface area contributed by atoms with Gasteiger partial charge in [0.15, 0.2) is 0 Å². The predicted octanol–water partition coefficient (Wildman–Crippen LogP) is 22.5. The highest BCUT2D eigenvalue weighted by Crippen LogP contribution is 2.36. The molecule has 0 bridgehead atoms. The van der Waals surface area contributed by atoms with Crippen LogP contribution in [0.25, 0.3) is 0 Å². The van der Waals surface area contributed by atoms with Crippen molar-refractivity contribution in [2.45, 2.75) is 361 Å². The minimum Gasteiger partial charge on any atom is -0.0654 e. The summed E-state index contributed by atoms with van der Waals surface area (Å²) in [5.74, 6) is 0. The first kappa shape index (κ1) is 58.0. The maximum atomic E-state index is 4.99. The van der Waals surface area contributed by atoms with Gasteiger partial charge in [-0.1, -0.05) is 342 Å². The van der Waals surface area contributed by atoms with Crippen molar-refractivity contribution in [3.8, 4) is 0 Å². The van der Waals surface area contributed by atoms with E-state index in [1.54, 1.807) is 0 Å². The molecule has 0 saturated heterocycles. The van der Waals surface area contributed by atoms with Crippen molar-refractivity contribution in [1.29, 1.82) is 0 Å². The average Bonchev–Trinajstić information content (AvgIpc) is 3.23. The zero-order chi connectivity index (χ0) is 42.0. The molecule has 0 aliphatic heterocycles. The molecule has 349 valence electrons. The SMILES string of the molecule is [CH2]C(CCCCCCCCCCCCCCC)(CCCCCCCCCCCCCCC)CCCCCCCCCCCCCCCCCCCCCCCCCC. The number of hydrogen-bond acceptors (Lipinski definition) is 0. The lowest BCUT2D eigenvalue weighted by Crippen LogP contribution is -2.17. The summed E-state index contributed by atoms with van der Waals surface area (Å²) < 4.78 is 0. The second-order valence-electron chi connectivity index (χ2n) is 20.4. The lowest BCUT2D eigenvalue weighted by Gasteiger charge is -2.30. The molecule has 58 heavy (non-hydrogen) atoms. The van der Waals surface area contributed by atoms with Gasteiger partial charge in [0, 0.05) is 0 Å². The van der Waals surface area contributed by atoms with Crippen LogP contribution in [0.4, 0.5) is 0 Å². The summed E-state index contributed by atoms with van der Waals surface area (Å²) in [5, 5.41) is 0. The van der Waals surface area contributed by atoms with E-state index in [-0.39, 0.29) is 0 Å². The fraction of sp³-hybridized carbons (Fsp3) is 0.983. The molecule has 0 heteroatoms. The highest BCUT2D eigenvalue weighted by molar-refractivity contribution is 4.82. The van der Waals surface area contributed by atoms with E-state index >= 15 is 0 Å². The number of hydrogen-bond donors (Lipinski definition) is 0. The van der Waals surface area contributed by atoms with Gasteiger partial charge in [0.1, 0.15) is 0 Å². The standard InChI is InChI=1S/C58H117/c1-5-8-11-14-17-20-23-26-27-28-29-30-31-32-33-34-35-36-39-42-45-48-51-54-57-58(4,55-52-49-46-43-40-37-24-21-18-15-12-9-6-2)56-53-50-47-44-41-38-25-22-19-16-13-10-7-3/h4-57H2,1-3H3. The summed E-state index contributed by atoms with van der Waals surface area (Å²) in [6.07, 6.45) is 77.4. The topological polar surface area (TPSA) is 0 Å². The van der Waals surface area contributed by atoms with Crippen LogP contribution in [0.1, 0.15) is 361 Å². The Morgan fingerprint density at radius 2 is 0.276 bits per heavy atom. The van der Waals surface area contributed by atoms with E-state index in [2.05, 4.69) is 20.8 Å². The molecule has 0 aliphatic carbocycles. The highest BCUT2D eigenvalue weighted by atomic mass is 14.3. The fourth-order valence-electron chi connectivity index (χ4n) is 9.87. The van der Waals surface area contributed by atoms with Gasteiger partial charge in [-0.2, -0.15) is 0 Å². The summed E-state index contributed by atoms with van der Waals surface area (Å²) in [7, 11) is 0. The zero-order valence-electron chi connectivity index (χ0n) is 41.7. The van der Waals surface area contributed by atoms with Gasteiger partial charge in [-0.3, -0.25) is 0 Å². The van der Waals surface area contributed by atoms with Gasteiger partial charge >= 0.3 is 0 Å². The zero-order valence-corrected chi connectivity index (χ0v) is 41.7. The molecular weight excluding hydrogens is 697 g/mol. The Labute approximate surface area is 372 Å². The van der Waals surface area contributed by atoms with Gasteiger partial charge in [0.25, 0.3) is 0 Å². The van der Waals surface area contributed by atoms with E-state index in [0.29, 0.717) is 5.41 Å². The van der Waals surface area contributed by atoms with E-state index in [4.69, 9.17) is 6.92 Å². The van der Waals surface area contributed by atoms with Crippen molar-refractivity contribution >= 4 is 0 Å². The van der Waals surface area contributed by atoms with E-state index in [1.807, 2.05) is 0 Å². The summed E-state index contributed by atoms with van der Waals surface area (Å²) in [6.45, 7) is 11.9. The van der Waals surface area contributed by atoms with Crippen LogP contribution in [-0.4, -0.2) is 0 Å². The van der Waals surface area contributed by atoms with E-state index in [1.165, 1.54) is 340 Å². The van der Waals surface area contributed by atoms with Crippen molar-refractivity contribution in [1.82, 2.24) is 0 Å². The largest absolute Gasteiger partial charge is 0.0654 e. The van der Waals surface area contributed by atoms with Gasteiger partial charge in [-0.05, 0) is 31.6 Å². The third-order valence-corrected chi connectivity index (χ3v) is 14.2. The molecule has 0 aromatic heterocycles. The average molecular weight is 815 g/mol. The van der Waals surface area contributed by atoms with Crippen molar-refractivity contribution in [2.75, 3.05) is 0 Å². The molecule has 0 N–H and O–H groups in total. The first-order valence-electron chi connectivity index (χ1n) is 28.5. The molecule has 0 aromatic carbocycles. The fourth-order valence-corrected chi connectivity index (χ4v) is 9.87. The Morgan fingerprint density at radius 3 is 0.397 bits per heavy atom. The molecule has 0 rings (SSSR count). The van der Waals surface area contributed by atoms with Crippen LogP contribution in [0.3, 0.4) is 0 Å². The third-order valence-electron chi connectivity index (χ3n) is 14.2. The molecule has 0 atom stereocenters. The first-order valence-corrected chi connectivity index (χ1v) is 28.5. The molecule has 1 radical (unpaired) electrons. The quantitative estimate of drug-likeness (QED) is 0.0537. The van der Waals surface area contributed by atoms with Gasteiger partial charge < -0.3 is 0 Å². The Hall–Kier alpha value is 0. The normalized spacial score (nSPS) is 12.0. The lowest BCUT2D eigenvalue weighted by molar-refractivity contribution is 0.260. The maximum Gasteiger partial charge on any atom is -0.0297 e. The molecule has 0 spiro atoms. The summed E-state index contributed by atoms with van der Waals surface area (Å²) >= 11 is 0. The van der Waals surface area contributed by atoms with Crippen LogP contribution in [-0.2, 0) is 0 Å². The maximum absolute atomic E-state index is 4.99. The Balaban J connectivity index is 3.95. The van der Waals surface area contributed by atoms with Gasteiger partial charge in [0.2, 0.25) is 0 Å². The third kappa shape index (κ3) is 48.7. The summed E-state index contributed by atoms with van der Waals surface area (Å²) in [4.78, 5) is 0. The van der Waals surface area contributed by atoms with Gasteiger partial charge in [0.05, 0.1) is 0 Å². The molecule has 0 saturated carbocycles. The second-order valence-corrected chi connectivity index (χ2v) is 20.4. The van der Waals surface area contributed by atoms with E-state index < -0.39 is 0 Å². The Morgan fingerprint density at radius 1 is 0.172 bits per heavy atom. The number of rotatable bonds is 53. The van der Waals surface area contributed by atoms with Gasteiger partial charge in [-0.15, -0.1) is 0 Å². The minimum absolute atomic E-state index is 0.364. The van der Waals surface area contributed by atoms with Crippen LogP contribution < -0.4 is 0 Å². The van der Waals surface area contributed by atoms with Crippen molar-refractivity contribution in [2.24, 2.45) is 5.41 Å². The first-order chi connectivity index (χ1) is 28.7. The predicted molar refractivity (Wildman–Crippen MR) is 270 cm³/mol. The monoisotopic (exact) mass is 814 g/mol. The molecule has 0 nitrogen and oxygen atoms in total. The summed E-state index contributed by atoms with van der Waals surface area (Å²) in [5.41, 5.74) is 0.364. The molecule has 0 amide bonds. The smallest absolute Gasteiger partial charge is 0.0297 e. The molecule has 0 aromatic rings. The Kier molecular flexibility index (Phi) is 51.4. The van der Waals surface area contributed by atoms with Crippen molar-refractivity contribution < 1.29 is 0 Å². The van der Waals surface area contributed by atoms with Crippen LogP contribution in [0.2, 0.25) is 0 Å². The van der Waals surface area contributed by atoms with Crippen LogP contribution >= 0.6 is 0 Å². The van der Waals surface area contributed by atoms with Crippen molar-refractivity contribution in [3.05, 3.63) is 6.92 Å². The minimum atomic E-state index is 0.364. The molecule has 0 fully saturated rings. The van der Waals surface area contributed by atoms with E-state index in [0.717, 1.165) is 0 Å². The second kappa shape index (κ2) is 51.4.